The Morgan fingerprint density at radius 1 is 1.09 bits per heavy atom. The van der Waals surface area contributed by atoms with E-state index in [9.17, 15) is 9.59 Å². The second-order valence-corrected chi connectivity index (χ2v) is 10.9. The maximum Gasteiger partial charge on any atom is 0.341 e. The lowest BCUT2D eigenvalue weighted by atomic mass is 10.0. The lowest BCUT2D eigenvalue weighted by Gasteiger charge is -2.11. The highest BCUT2D eigenvalue weighted by Gasteiger charge is 2.25. The van der Waals surface area contributed by atoms with E-state index in [-0.39, 0.29) is 12.5 Å². The summed E-state index contributed by atoms with van der Waals surface area (Å²) in [6.07, 6.45) is 0. The zero-order valence-electron chi connectivity index (χ0n) is 19.4. The molecule has 2 aromatic heterocycles. The number of hydrogen-bond donors (Lipinski definition) is 2. The molecule has 1 atom stereocenters. The molecule has 0 saturated carbocycles. The van der Waals surface area contributed by atoms with Crippen LogP contribution in [0.15, 0.2) is 64.3 Å². The molecule has 4 rings (SSSR count). The molecule has 0 radical (unpaired) electrons. The number of nitrogens with one attached hydrogen (secondary N) is 2. The predicted octanol–water partition coefficient (Wildman–Crippen LogP) is 6.61. The van der Waals surface area contributed by atoms with Crippen molar-refractivity contribution in [1.29, 1.82) is 0 Å². The van der Waals surface area contributed by atoms with Crippen LogP contribution in [0, 0.1) is 6.92 Å². The first-order chi connectivity index (χ1) is 17.0. The highest BCUT2D eigenvalue weighted by molar-refractivity contribution is 8.02. The second-order valence-electron chi connectivity index (χ2n) is 7.50. The van der Waals surface area contributed by atoms with E-state index in [2.05, 4.69) is 20.8 Å². The van der Waals surface area contributed by atoms with Crippen molar-refractivity contribution in [2.24, 2.45) is 0 Å². The first-order valence-electron chi connectivity index (χ1n) is 10.9. The maximum atomic E-state index is 13.0. The number of rotatable bonds is 9. The third-order valence-electron chi connectivity index (χ3n) is 5.03. The number of hydrogen-bond acceptors (Lipinski definition) is 9. The van der Waals surface area contributed by atoms with Gasteiger partial charge in [0.25, 0.3) is 0 Å². The number of para-hydroxylation sites is 1. The first kappa shape index (κ1) is 24.9. The van der Waals surface area contributed by atoms with Crippen LogP contribution in [0.25, 0.3) is 11.1 Å². The van der Waals surface area contributed by atoms with Gasteiger partial charge in [-0.3, -0.25) is 4.79 Å². The van der Waals surface area contributed by atoms with Crippen LogP contribution in [0.2, 0.25) is 0 Å². The molecule has 0 fully saturated rings. The number of aromatic nitrogens is 2. The number of aryl methyl sites for hydroxylation is 1. The molecule has 0 aliphatic carbocycles. The van der Waals surface area contributed by atoms with E-state index < -0.39 is 11.2 Å². The van der Waals surface area contributed by atoms with E-state index >= 15 is 0 Å². The molecule has 0 saturated heterocycles. The minimum atomic E-state index is -0.459. The lowest BCUT2D eigenvalue weighted by molar-refractivity contribution is -0.115. The third-order valence-corrected chi connectivity index (χ3v) is 7.95. The first-order valence-corrected chi connectivity index (χ1v) is 13.5. The molecule has 0 aliphatic heterocycles. The summed E-state index contributed by atoms with van der Waals surface area (Å²) < 4.78 is 5.95. The van der Waals surface area contributed by atoms with E-state index in [4.69, 9.17) is 4.74 Å². The van der Waals surface area contributed by atoms with Crippen LogP contribution in [0.5, 0.6) is 0 Å². The largest absolute Gasteiger partial charge is 0.462 e. The van der Waals surface area contributed by atoms with Gasteiger partial charge in [-0.05, 0) is 38.0 Å². The van der Waals surface area contributed by atoms with Gasteiger partial charge in [-0.15, -0.1) is 21.5 Å². The molecule has 0 bridgehead atoms. The number of amides is 1. The molecular formula is C25H24N4O3S3. The van der Waals surface area contributed by atoms with Crippen molar-refractivity contribution in [2.45, 2.75) is 30.4 Å². The van der Waals surface area contributed by atoms with Crippen molar-refractivity contribution in [2.75, 3.05) is 17.2 Å². The van der Waals surface area contributed by atoms with Gasteiger partial charge in [0.2, 0.25) is 11.0 Å². The van der Waals surface area contributed by atoms with Gasteiger partial charge in [0.1, 0.15) is 10.6 Å². The van der Waals surface area contributed by atoms with Crippen LogP contribution in [0.3, 0.4) is 0 Å². The van der Waals surface area contributed by atoms with Crippen LogP contribution in [-0.4, -0.2) is 33.9 Å². The van der Waals surface area contributed by atoms with Crippen molar-refractivity contribution in [1.82, 2.24) is 10.2 Å². The van der Waals surface area contributed by atoms with Gasteiger partial charge in [0.05, 0.1) is 11.9 Å². The monoisotopic (exact) mass is 524 g/mol. The molecule has 2 aromatic carbocycles. The topological polar surface area (TPSA) is 93.2 Å². The standard InChI is InChI=1S/C25H24N4O3S3/c1-4-32-23(31)20-18(17-11-6-5-7-12-17)14-33-22(20)27-21(30)16(3)34-25-29-28-24(35-25)26-19-13-9-8-10-15(19)2/h5-14,16H,4H2,1-3H3,(H,26,28)(H,27,30)/t16-/m1/s1. The Labute approximate surface area is 216 Å². The molecule has 2 N–H and O–H groups in total. The fourth-order valence-electron chi connectivity index (χ4n) is 3.24. The Balaban J connectivity index is 1.46. The van der Waals surface area contributed by atoms with Crippen molar-refractivity contribution in [3.05, 3.63) is 71.1 Å². The SMILES string of the molecule is CCOC(=O)c1c(-c2ccccc2)csc1NC(=O)[C@@H](C)Sc1nnc(Nc2ccccc2C)s1. The van der Waals surface area contributed by atoms with Crippen LogP contribution in [0.4, 0.5) is 15.8 Å². The van der Waals surface area contributed by atoms with Gasteiger partial charge in [-0.1, -0.05) is 71.6 Å². The number of esters is 1. The number of thiophene rings is 1. The molecule has 2 heterocycles. The summed E-state index contributed by atoms with van der Waals surface area (Å²) in [6, 6.07) is 17.5. The number of ether oxygens (including phenoxy) is 1. The van der Waals surface area contributed by atoms with E-state index in [1.165, 1.54) is 34.4 Å². The van der Waals surface area contributed by atoms with E-state index in [1.54, 1.807) is 13.8 Å². The van der Waals surface area contributed by atoms with Crippen molar-refractivity contribution >= 4 is 62.1 Å². The molecule has 4 aromatic rings. The van der Waals surface area contributed by atoms with Gasteiger partial charge < -0.3 is 15.4 Å². The molecule has 35 heavy (non-hydrogen) atoms. The molecule has 10 heteroatoms. The van der Waals surface area contributed by atoms with Gasteiger partial charge in [0, 0.05) is 16.6 Å². The van der Waals surface area contributed by atoms with Gasteiger partial charge in [-0.25, -0.2) is 4.79 Å². The smallest absolute Gasteiger partial charge is 0.341 e. The summed E-state index contributed by atoms with van der Waals surface area (Å²) in [4.78, 5) is 25.7. The fraction of sp³-hybridized carbons (Fsp3) is 0.200. The maximum absolute atomic E-state index is 13.0. The van der Waals surface area contributed by atoms with Gasteiger partial charge in [0.15, 0.2) is 4.34 Å². The number of anilines is 3. The summed E-state index contributed by atoms with van der Waals surface area (Å²) in [5.74, 6) is -0.690. The number of benzene rings is 2. The van der Waals surface area contributed by atoms with E-state index in [0.717, 1.165) is 22.4 Å². The highest BCUT2D eigenvalue weighted by Crippen LogP contribution is 2.37. The van der Waals surface area contributed by atoms with Gasteiger partial charge >= 0.3 is 5.97 Å². The van der Waals surface area contributed by atoms with E-state index in [0.29, 0.717) is 20.0 Å². The summed E-state index contributed by atoms with van der Waals surface area (Å²) in [7, 11) is 0. The minimum Gasteiger partial charge on any atom is -0.462 e. The van der Waals surface area contributed by atoms with Crippen molar-refractivity contribution in [3.8, 4) is 11.1 Å². The Bertz CT molecular complexity index is 1320. The van der Waals surface area contributed by atoms with Crippen LogP contribution in [-0.2, 0) is 9.53 Å². The lowest BCUT2D eigenvalue weighted by Crippen LogP contribution is -2.23. The quantitative estimate of drug-likeness (QED) is 0.188. The number of carbonyl (C=O) groups is 2. The number of nitrogens with zero attached hydrogens (tertiary/aromatic N) is 2. The molecule has 180 valence electrons. The average Bonchev–Trinajstić information content (AvgIpc) is 3.48. The van der Waals surface area contributed by atoms with Crippen LogP contribution in [0.1, 0.15) is 29.8 Å². The second kappa shape index (κ2) is 11.5. The van der Waals surface area contributed by atoms with Crippen molar-refractivity contribution < 1.29 is 14.3 Å². The van der Waals surface area contributed by atoms with E-state index in [1.807, 2.05) is 66.9 Å². The normalized spacial score (nSPS) is 11.6. The average molecular weight is 525 g/mol. The highest BCUT2D eigenvalue weighted by atomic mass is 32.2. The molecule has 0 spiro atoms. The molecule has 0 unspecified atom stereocenters. The predicted molar refractivity (Wildman–Crippen MR) is 144 cm³/mol. The molecule has 7 nitrogen and oxygen atoms in total. The van der Waals surface area contributed by atoms with Gasteiger partial charge in [-0.2, -0.15) is 0 Å². The third kappa shape index (κ3) is 6.08. The zero-order valence-corrected chi connectivity index (χ0v) is 21.9. The van der Waals surface area contributed by atoms with Crippen LogP contribution < -0.4 is 10.6 Å². The fourth-order valence-corrected chi connectivity index (χ4v) is 6.11. The zero-order chi connectivity index (χ0) is 24.8. The molecule has 0 aliphatic rings. The Kier molecular flexibility index (Phi) is 8.17. The summed E-state index contributed by atoms with van der Waals surface area (Å²) >= 11 is 4.00. The summed E-state index contributed by atoms with van der Waals surface area (Å²) in [5.41, 5.74) is 4.06. The Morgan fingerprint density at radius 2 is 1.83 bits per heavy atom. The molecule has 1 amide bonds. The number of carbonyl (C=O) groups excluding carboxylic acids is 2. The summed E-state index contributed by atoms with van der Waals surface area (Å²) in [5, 5.41) is 17.1. The Morgan fingerprint density at radius 3 is 2.57 bits per heavy atom. The number of thioether (sulfide) groups is 1. The van der Waals surface area contributed by atoms with Crippen LogP contribution >= 0.6 is 34.4 Å². The Hall–Kier alpha value is -3.21. The molecular weight excluding hydrogens is 501 g/mol. The van der Waals surface area contributed by atoms with Crippen molar-refractivity contribution in [3.63, 3.8) is 0 Å². The minimum absolute atomic E-state index is 0.231. The summed E-state index contributed by atoms with van der Waals surface area (Å²) in [6.45, 7) is 5.82.